The summed E-state index contributed by atoms with van der Waals surface area (Å²) in [5, 5.41) is 10.3. The molecule has 0 aliphatic carbocycles. The minimum atomic E-state index is -0.317. The molecule has 40 heavy (non-hydrogen) atoms. The van der Waals surface area contributed by atoms with Crippen LogP contribution in [0.5, 0.6) is 5.75 Å². The lowest BCUT2D eigenvalue weighted by Crippen LogP contribution is -2.17. The summed E-state index contributed by atoms with van der Waals surface area (Å²) in [7, 11) is 0. The van der Waals surface area contributed by atoms with Gasteiger partial charge in [-0.05, 0) is 57.7 Å². The van der Waals surface area contributed by atoms with Crippen molar-refractivity contribution in [2.75, 3.05) is 6.61 Å². The van der Waals surface area contributed by atoms with Gasteiger partial charge in [0.1, 0.15) is 5.75 Å². The number of phenolic OH excluding ortho intramolecular Hbond substituents is 1. The summed E-state index contributed by atoms with van der Waals surface area (Å²) < 4.78 is 5.71. The van der Waals surface area contributed by atoms with Gasteiger partial charge in [0, 0.05) is 0 Å². The van der Waals surface area contributed by atoms with Gasteiger partial charge in [0.2, 0.25) is 0 Å². The SMILES string of the molecule is CCCCCCCCCCCCCCCCOC(=O)c1ccc(O)cc1-c1cc(C(C)(C)C)cc(C(C)(C)C)c1. The molecule has 0 spiro atoms. The molecule has 3 nitrogen and oxygen atoms in total. The summed E-state index contributed by atoms with van der Waals surface area (Å²) in [5.74, 6) is -0.167. The topological polar surface area (TPSA) is 46.5 Å². The van der Waals surface area contributed by atoms with Gasteiger partial charge in [-0.1, -0.05) is 150 Å². The van der Waals surface area contributed by atoms with Crippen LogP contribution in [0.3, 0.4) is 0 Å². The van der Waals surface area contributed by atoms with Gasteiger partial charge in [-0.15, -0.1) is 0 Å². The van der Waals surface area contributed by atoms with E-state index in [-0.39, 0.29) is 22.5 Å². The third kappa shape index (κ3) is 12.1. The Balaban J connectivity index is 1.85. The molecule has 0 amide bonds. The lowest BCUT2D eigenvalue weighted by Gasteiger charge is -2.26. The summed E-state index contributed by atoms with van der Waals surface area (Å²) in [5.41, 5.74) is 4.51. The van der Waals surface area contributed by atoms with Crippen LogP contribution in [0.4, 0.5) is 0 Å². The van der Waals surface area contributed by atoms with E-state index < -0.39 is 0 Å². The van der Waals surface area contributed by atoms with Gasteiger partial charge in [0.25, 0.3) is 0 Å². The van der Waals surface area contributed by atoms with Gasteiger partial charge in [-0.3, -0.25) is 0 Å². The molecule has 1 N–H and O–H groups in total. The van der Waals surface area contributed by atoms with E-state index in [9.17, 15) is 9.90 Å². The lowest BCUT2D eigenvalue weighted by atomic mass is 9.78. The first kappa shape index (κ1) is 33.9. The van der Waals surface area contributed by atoms with E-state index in [1.165, 1.54) is 88.2 Å². The smallest absolute Gasteiger partial charge is 0.338 e. The Morgan fingerprint density at radius 1 is 0.650 bits per heavy atom. The van der Waals surface area contributed by atoms with Crippen LogP contribution < -0.4 is 0 Å². The van der Waals surface area contributed by atoms with Crippen LogP contribution in [-0.4, -0.2) is 17.7 Å². The van der Waals surface area contributed by atoms with E-state index in [2.05, 4.69) is 66.7 Å². The lowest BCUT2D eigenvalue weighted by molar-refractivity contribution is 0.0498. The number of carbonyl (C=O) groups excluding carboxylic acids is 1. The first-order valence-corrected chi connectivity index (χ1v) is 16.1. The molecule has 0 aliphatic heterocycles. The van der Waals surface area contributed by atoms with Crippen molar-refractivity contribution >= 4 is 5.97 Å². The molecular formula is C37H58O3. The molecule has 0 heterocycles. The minimum Gasteiger partial charge on any atom is -0.508 e. The molecule has 2 aromatic carbocycles. The highest BCUT2D eigenvalue weighted by Crippen LogP contribution is 2.36. The van der Waals surface area contributed by atoms with E-state index in [1.54, 1.807) is 18.2 Å². The largest absolute Gasteiger partial charge is 0.508 e. The van der Waals surface area contributed by atoms with Gasteiger partial charge in [-0.2, -0.15) is 0 Å². The number of esters is 1. The van der Waals surface area contributed by atoms with E-state index >= 15 is 0 Å². The summed E-state index contributed by atoms with van der Waals surface area (Å²) in [6.45, 7) is 15.9. The van der Waals surface area contributed by atoms with Crippen molar-refractivity contribution in [1.29, 1.82) is 0 Å². The third-order valence-corrected chi connectivity index (χ3v) is 7.93. The number of hydrogen-bond donors (Lipinski definition) is 1. The molecule has 0 atom stereocenters. The molecule has 0 fully saturated rings. The number of phenols is 1. The van der Waals surface area contributed by atoms with Crippen molar-refractivity contribution in [3.8, 4) is 16.9 Å². The number of hydrogen-bond acceptors (Lipinski definition) is 3. The summed E-state index contributed by atoms with van der Waals surface area (Å²) in [4.78, 5) is 13.1. The first-order valence-electron chi connectivity index (χ1n) is 16.1. The molecule has 0 saturated heterocycles. The Morgan fingerprint density at radius 3 is 1.55 bits per heavy atom. The number of unbranched alkanes of at least 4 members (excludes halogenated alkanes) is 13. The predicted octanol–water partition coefficient (Wildman–Crippen LogP) is 11.3. The van der Waals surface area contributed by atoms with Crippen LogP contribution in [0, 0.1) is 0 Å². The van der Waals surface area contributed by atoms with Gasteiger partial charge in [-0.25, -0.2) is 4.79 Å². The zero-order valence-electron chi connectivity index (χ0n) is 26.8. The molecular weight excluding hydrogens is 492 g/mol. The number of carbonyl (C=O) groups is 1. The van der Waals surface area contributed by atoms with E-state index in [0.29, 0.717) is 12.2 Å². The van der Waals surface area contributed by atoms with Crippen LogP contribution >= 0.6 is 0 Å². The summed E-state index contributed by atoms with van der Waals surface area (Å²) in [6.07, 6.45) is 18.2. The average molecular weight is 551 g/mol. The zero-order chi connectivity index (χ0) is 29.6. The molecule has 0 aromatic heterocycles. The molecule has 0 saturated carbocycles. The van der Waals surface area contributed by atoms with Crippen LogP contribution in [0.1, 0.15) is 160 Å². The Labute approximate surface area is 246 Å². The van der Waals surface area contributed by atoms with Gasteiger partial charge >= 0.3 is 5.97 Å². The normalized spacial score (nSPS) is 12.1. The third-order valence-electron chi connectivity index (χ3n) is 7.93. The van der Waals surface area contributed by atoms with Crippen molar-refractivity contribution < 1.29 is 14.6 Å². The Bertz CT molecular complexity index is 990. The molecule has 3 heteroatoms. The first-order chi connectivity index (χ1) is 18.9. The Morgan fingerprint density at radius 2 is 1.10 bits per heavy atom. The molecule has 0 bridgehead atoms. The molecule has 0 aliphatic rings. The van der Waals surface area contributed by atoms with Crippen LogP contribution in [-0.2, 0) is 15.6 Å². The molecule has 0 radical (unpaired) electrons. The van der Waals surface area contributed by atoms with E-state index in [0.717, 1.165) is 24.0 Å². The zero-order valence-corrected chi connectivity index (χ0v) is 26.8. The maximum Gasteiger partial charge on any atom is 0.338 e. The molecule has 0 unspecified atom stereocenters. The van der Waals surface area contributed by atoms with Crippen molar-refractivity contribution in [1.82, 2.24) is 0 Å². The van der Waals surface area contributed by atoms with Crippen LogP contribution in [0.2, 0.25) is 0 Å². The molecule has 2 aromatic rings. The number of aromatic hydroxyl groups is 1. The van der Waals surface area contributed by atoms with Crippen LogP contribution in [0.15, 0.2) is 36.4 Å². The fraction of sp³-hybridized carbons (Fsp3) is 0.649. The summed E-state index contributed by atoms with van der Waals surface area (Å²) in [6, 6.07) is 11.5. The fourth-order valence-corrected chi connectivity index (χ4v) is 5.14. The van der Waals surface area contributed by atoms with Crippen molar-refractivity contribution in [2.45, 2.75) is 149 Å². The number of rotatable bonds is 17. The molecule has 224 valence electrons. The highest BCUT2D eigenvalue weighted by Gasteiger charge is 2.23. The summed E-state index contributed by atoms with van der Waals surface area (Å²) >= 11 is 0. The minimum absolute atomic E-state index is 0.0403. The number of ether oxygens (including phenoxy) is 1. The second kappa shape index (κ2) is 16.8. The second-order valence-corrected chi connectivity index (χ2v) is 13.8. The maximum absolute atomic E-state index is 13.1. The van der Waals surface area contributed by atoms with Crippen LogP contribution in [0.25, 0.3) is 11.1 Å². The Kier molecular flexibility index (Phi) is 14.3. The predicted molar refractivity (Wildman–Crippen MR) is 172 cm³/mol. The second-order valence-electron chi connectivity index (χ2n) is 13.8. The standard InChI is InChI=1S/C37H58O3/c1-8-9-10-11-12-13-14-15-16-17-18-19-20-21-24-40-35(39)33-23-22-32(38)28-34(33)29-25-30(36(2,3)4)27-31(26-29)37(5,6)7/h22-23,25-28,38H,8-21,24H2,1-7H3. The van der Waals surface area contributed by atoms with Gasteiger partial charge in [0.15, 0.2) is 0 Å². The maximum atomic E-state index is 13.1. The monoisotopic (exact) mass is 550 g/mol. The van der Waals surface area contributed by atoms with E-state index in [1.807, 2.05) is 0 Å². The van der Waals surface area contributed by atoms with Crippen molar-refractivity contribution in [3.63, 3.8) is 0 Å². The van der Waals surface area contributed by atoms with Gasteiger partial charge < -0.3 is 9.84 Å². The number of benzene rings is 2. The Hall–Kier alpha value is -2.29. The highest BCUT2D eigenvalue weighted by molar-refractivity contribution is 5.97. The van der Waals surface area contributed by atoms with Gasteiger partial charge in [0.05, 0.1) is 12.2 Å². The highest BCUT2D eigenvalue weighted by atomic mass is 16.5. The molecule has 2 rings (SSSR count). The van der Waals surface area contributed by atoms with Crippen molar-refractivity contribution in [2.24, 2.45) is 0 Å². The van der Waals surface area contributed by atoms with Crippen molar-refractivity contribution in [3.05, 3.63) is 53.1 Å². The quantitative estimate of drug-likeness (QED) is 0.157. The fourth-order valence-electron chi connectivity index (χ4n) is 5.14. The van der Waals surface area contributed by atoms with E-state index in [4.69, 9.17) is 4.74 Å². The average Bonchev–Trinajstić information content (AvgIpc) is 2.89.